The molecule has 0 saturated heterocycles. The normalized spacial score (nSPS) is 23.0. The molecule has 1 heteroatoms. The van der Waals surface area contributed by atoms with Crippen molar-refractivity contribution in [2.75, 3.05) is 4.90 Å². The van der Waals surface area contributed by atoms with E-state index in [1.54, 1.807) is 5.56 Å². The third kappa shape index (κ3) is 4.90. The first kappa shape index (κ1) is 32.1. The van der Waals surface area contributed by atoms with Gasteiger partial charge in [0.15, 0.2) is 0 Å². The van der Waals surface area contributed by atoms with Crippen LogP contribution in [-0.2, 0) is 10.8 Å². The van der Waals surface area contributed by atoms with Crippen molar-refractivity contribution < 1.29 is 0 Å². The minimum Gasteiger partial charge on any atom is -0.310 e. The van der Waals surface area contributed by atoms with E-state index in [1.165, 1.54) is 111 Å². The third-order valence-corrected chi connectivity index (χ3v) is 14.0. The molecule has 0 N–H and O–H groups in total. The van der Waals surface area contributed by atoms with Crippen LogP contribution in [0.5, 0.6) is 0 Å². The third-order valence-electron chi connectivity index (χ3n) is 14.0. The molecule has 7 aromatic rings. The van der Waals surface area contributed by atoms with Crippen LogP contribution in [0.2, 0.25) is 0 Å². The van der Waals surface area contributed by atoms with E-state index in [-0.39, 0.29) is 5.41 Å². The summed E-state index contributed by atoms with van der Waals surface area (Å²) in [6.07, 6.45) is 8.60. The zero-order valence-corrected chi connectivity index (χ0v) is 31.4. The Hall–Kier alpha value is -5.40. The fraction of sp³-hybridized carbons (Fsp3) is 0.245. The van der Waals surface area contributed by atoms with Gasteiger partial charge in [0.2, 0.25) is 0 Å². The lowest BCUT2D eigenvalue weighted by atomic mass is 9.48. The number of hydrogen-bond acceptors (Lipinski definition) is 1. The van der Waals surface area contributed by atoms with Gasteiger partial charge < -0.3 is 4.90 Å². The summed E-state index contributed by atoms with van der Waals surface area (Å²) in [5.74, 6) is 2.81. The molecule has 5 aliphatic carbocycles. The van der Waals surface area contributed by atoms with Gasteiger partial charge in [-0.2, -0.15) is 0 Å². The highest BCUT2D eigenvalue weighted by atomic mass is 15.1. The van der Waals surface area contributed by atoms with Crippen LogP contribution in [0, 0.1) is 17.8 Å². The Morgan fingerprint density at radius 1 is 0.463 bits per heavy atom. The van der Waals surface area contributed by atoms with E-state index in [2.05, 4.69) is 176 Å². The lowest BCUT2D eigenvalue weighted by Gasteiger charge is -2.57. The summed E-state index contributed by atoms with van der Waals surface area (Å²) in [6, 6.07) is 59.4. The largest absolute Gasteiger partial charge is 0.310 e. The summed E-state index contributed by atoms with van der Waals surface area (Å²) < 4.78 is 0. The average Bonchev–Trinajstić information content (AvgIpc) is 3.44. The van der Waals surface area contributed by atoms with Gasteiger partial charge in [0, 0.05) is 16.8 Å². The first-order valence-corrected chi connectivity index (χ1v) is 20.3. The first-order valence-electron chi connectivity index (χ1n) is 20.3. The Labute approximate surface area is 320 Å². The van der Waals surface area contributed by atoms with Crippen molar-refractivity contribution in [2.24, 2.45) is 17.8 Å². The lowest BCUT2D eigenvalue weighted by Crippen LogP contribution is -2.48. The summed E-state index contributed by atoms with van der Waals surface area (Å²) in [7, 11) is 0. The van der Waals surface area contributed by atoms with E-state index in [0.717, 1.165) is 17.8 Å². The summed E-state index contributed by atoms with van der Waals surface area (Å²) in [5.41, 5.74) is 16.1. The number of rotatable bonds is 6. The van der Waals surface area contributed by atoms with Gasteiger partial charge in [-0.15, -0.1) is 0 Å². The maximum absolute atomic E-state index is 2.54. The highest BCUT2D eigenvalue weighted by Crippen LogP contribution is 2.61. The number of fused-ring (bicyclic) bond motifs is 4. The fourth-order valence-corrected chi connectivity index (χ4v) is 12.1. The number of benzene rings is 7. The van der Waals surface area contributed by atoms with Gasteiger partial charge in [-0.1, -0.05) is 141 Å². The average molecular weight is 698 g/mol. The van der Waals surface area contributed by atoms with Crippen LogP contribution in [0.25, 0.3) is 44.2 Å². The van der Waals surface area contributed by atoms with Gasteiger partial charge in [0.05, 0.1) is 5.69 Å². The first-order chi connectivity index (χ1) is 26.4. The lowest BCUT2D eigenvalue weighted by molar-refractivity contribution is -0.00518. The number of hydrogen-bond donors (Lipinski definition) is 0. The summed E-state index contributed by atoms with van der Waals surface area (Å²) in [5, 5.41) is 2.57. The van der Waals surface area contributed by atoms with Crippen molar-refractivity contribution in [3.63, 3.8) is 0 Å². The zero-order chi connectivity index (χ0) is 36.0. The minimum atomic E-state index is -0.128. The molecule has 0 aromatic heterocycles. The molecule has 0 unspecified atom stereocenters. The van der Waals surface area contributed by atoms with Gasteiger partial charge in [-0.25, -0.2) is 0 Å². The predicted octanol–water partition coefficient (Wildman–Crippen LogP) is 14.4. The Balaban J connectivity index is 1.04. The van der Waals surface area contributed by atoms with Crippen LogP contribution >= 0.6 is 0 Å². The molecule has 4 fully saturated rings. The van der Waals surface area contributed by atoms with Crippen molar-refractivity contribution in [2.45, 2.75) is 63.2 Å². The summed E-state index contributed by atoms with van der Waals surface area (Å²) in [6.45, 7) is 4.81. The molecule has 0 aliphatic heterocycles. The van der Waals surface area contributed by atoms with E-state index >= 15 is 0 Å². The molecule has 0 spiro atoms. The Morgan fingerprint density at radius 2 is 0.981 bits per heavy atom. The second-order valence-corrected chi connectivity index (χ2v) is 17.6. The molecule has 4 saturated carbocycles. The van der Waals surface area contributed by atoms with Crippen molar-refractivity contribution in [3.05, 3.63) is 174 Å². The van der Waals surface area contributed by atoms with Crippen LogP contribution in [-0.4, -0.2) is 0 Å². The van der Waals surface area contributed by atoms with Crippen LogP contribution in [0.4, 0.5) is 17.1 Å². The van der Waals surface area contributed by atoms with Crippen LogP contribution in [0.3, 0.4) is 0 Å². The monoisotopic (exact) mass is 697 g/mol. The van der Waals surface area contributed by atoms with Gasteiger partial charge in [-0.05, 0) is 153 Å². The van der Waals surface area contributed by atoms with Crippen molar-refractivity contribution >= 4 is 27.8 Å². The van der Waals surface area contributed by atoms with E-state index in [4.69, 9.17) is 0 Å². The van der Waals surface area contributed by atoms with Crippen LogP contribution in [0.15, 0.2) is 158 Å². The minimum absolute atomic E-state index is 0.128. The van der Waals surface area contributed by atoms with Crippen molar-refractivity contribution in [1.29, 1.82) is 0 Å². The van der Waals surface area contributed by atoms with Crippen molar-refractivity contribution in [1.82, 2.24) is 0 Å². The molecule has 0 heterocycles. The maximum Gasteiger partial charge on any atom is 0.0508 e. The predicted molar refractivity (Wildman–Crippen MR) is 227 cm³/mol. The van der Waals surface area contributed by atoms with E-state index in [0.29, 0.717) is 5.41 Å². The molecule has 1 nitrogen and oxygen atoms in total. The summed E-state index contributed by atoms with van der Waals surface area (Å²) in [4.78, 5) is 2.54. The quantitative estimate of drug-likeness (QED) is 0.167. The van der Waals surface area contributed by atoms with Gasteiger partial charge in [0.25, 0.3) is 0 Å². The molecule has 7 aromatic carbocycles. The standard InChI is InChI=1S/C53H47N/c1-52(2)48-19-7-6-15-46(48)47-18-10-20-49(51(47)52)54(43-27-23-41(24-28-43)53-32-35-29-36(33-53)31-37(30-35)34-53)42-25-21-39(22-26-42)45-17-9-14-40-13-8-16-44(50(40)45)38-11-4-3-5-12-38/h3-28,35-37H,29-34H2,1-2H3. The van der Waals surface area contributed by atoms with E-state index < -0.39 is 0 Å². The molecule has 12 rings (SSSR count). The second kappa shape index (κ2) is 12.1. The van der Waals surface area contributed by atoms with Crippen molar-refractivity contribution in [3.8, 4) is 33.4 Å². The van der Waals surface area contributed by atoms with Crippen LogP contribution < -0.4 is 4.90 Å². The highest BCUT2D eigenvalue weighted by Gasteiger charge is 2.51. The zero-order valence-electron chi connectivity index (χ0n) is 31.4. The Bertz CT molecular complexity index is 2500. The molecule has 4 bridgehead atoms. The van der Waals surface area contributed by atoms with Gasteiger partial charge in [0.1, 0.15) is 0 Å². The summed E-state index contributed by atoms with van der Waals surface area (Å²) >= 11 is 0. The molecule has 5 aliphatic rings. The topological polar surface area (TPSA) is 3.24 Å². The number of anilines is 3. The SMILES string of the molecule is CC1(C)c2ccccc2-c2cccc(N(c3ccc(-c4cccc5cccc(-c6ccccc6)c45)cc3)c3ccc(C45CC6CC(CC(C6)C4)C5)cc3)c21. The molecule has 0 amide bonds. The molecular formula is C53H47N. The van der Waals surface area contributed by atoms with E-state index in [9.17, 15) is 0 Å². The molecule has 264 valence electrons. The van der Waals surface area contributed by atoms with E-state index in [1.807, 2.05) is 0 Å². The second-order valence-electron chi connectivity index (χ2n) is 17.6. The van der Waals surface area contributed by atoms with Gasteiger partial charge >= 0.3 is 0 Å². The van der Waals surface area contributed by atoms with Crippen LogP contribution in [0.1, 0.15) is 69.1 Å². The highest BCUT2D eigenvalue weighted by molar-refractivity contribution is 6.06. The maximum atomic E-state index is 2.54. The fourth-order valence-electron chi connectivity index (χ4n) is 12.1. The molecule has 0 radical (unpaired) electrons. The number of nitrogens with zero attached hydrogens (tertiary/aromatic N) is 1. The molecular weight excluding hydrogens is 651 g/mol. The smallest absolute Gasteiger partial charge is 0.0508 e. The molecule has 0 atom stereocenters. The molecule has 54 heavy (non-hydrogen) atoms. The Kier molecular flexibility index (Phi) is 7.16. The Morgan fingerprint density at radius 3 is 1.63 bits per heavy atom. The van der Waals surface area contributed by atoms with Gasteiger partial charge in [-0.3, -0.25) is 0 Å².